The Morgan fingerprint density at radius 2 is 1.98 bits per heavy atom. The fourth-order valence-corrected chi connectivity index (χ4v) is 4.56. The van der Waals surface area contributed by atoms with Crippen LogP contribution >= 0.6 is 0 Å². The first-order chi connectivity index (χ1) is 19.6. The molecule has 3 aromatic carbocycles. The Morgan fingerprint density at radius 1 is 1.12 bits per heavy atom. The Bertz CT molecular complexity index is 1440. The molecule has 1 aliphatic rings. The van der Waals surface area contributed by atoms with Crippen molar-refractivity contribution in [2.75, 3.05) is 49.8 Å². The molecule has 1 atom stereocenters. The summed E-state index contributed by atoms with van der Waals surface area (Å²) in [6, 6.07) is 18.7. The van der Waals surface area contributed by atoms with Gasteiger partial charge in [-0.25, -0.2) is 9.97 Å². The van der Waals surface area contributed by atoms with Crippen molar-refractivity contribution >= 4 is 34.0 Å². The summed E-state index contributed by atoms with van der Waals surface area (Å²) in [5, 5.41) is 10.5. The summed E-state index contributed by atoms with van der Waals surface area (Å²) in [7, 11) is 1.62. The molecule has 208 valence electrons. The summed E-state index contributed by atoms with van der Waals surface area (Å²) in [6.07, 6.45) is 3.39. The van der Waals surface area contributed by atoms with Crippen molar-refractivity contribution in [2.45, 2.75) is 25.4 Å². The highest BCUT2D eigenvalue weighted by Crippen LogP contribution is 2.34. The number of fused-ring (bicyclic) bond motifs is 1. The van der Waals surface area contributed by atoms with Crippen LogP contribution in [0.15, 0.2) is 67.0 Å². The molecule has 1 aromatic heterocycles. The number of morpholine rings is 1. The molecule has 0 saturated carbocycles. The first-order valence-electron chi connectivity index (χ1n) is 13.4. The summed E-state index contributed by atoms with van der Waals surface area (Å²) in [4.78, 5) is 21.5. The number of nitrogen functional groups attached to an aromatic ring is 1. The van der Waals surface area contributed by atoms with Crippen LogP contribution in [0.5, 0.6) is 11.5 Å². The summed E-state index contributed by atoms with van der Waals surface area (Å²) in [6.45, 7) is 3.48. The van der Waals surface area contributed by atoms with Gasteiger partial charge in [0, 0.05) is 36.1 Å². The van der Waals surface area contributed by atoms with Crippen molar-refractivity contribution in [2.24, 2.45) is 0 Å². The molecule has 1 saturated heterocycles. The Morgan fingerprint density at radius 3 is 2.75 bits per heavy atom. The van der Waals surface area contributed by atoms with Gasteiger partial charge in [0.25, 0.3) is 5.91 Å². The average Bonchev–Trinajstić information content (AvgIpc) is 2.99. The van der Waals surface area contributed by atoms with Gasteiger partial charge >= 0.3 is 0 Å². The molecule has 1 unspecified atom stereocenters. The topological polar surface area (TPSA) is 133 Å². The lowest BCUT2D eigenvalue weighted by Gasteiger charge is -2.23. The molecule has 4 aromatic rings. The van der Waals surface area contributed by atoms with Gasteiger partial charge in [0.2, 0.25) is 0 Å². The Labute approximate surface area is 233 Å². The number of para-hydroxylation sites is 2. The number of amides is 1. The number of nitrogens with one attached hydrogen (secondary N) is 3. The second kappa shape index (κ2) is 13.1. The predicted octanol–water partition coefficient (Wildman–Crippen LogP) is 4.23. The van der Waals surface area contributed by atoms with Gasteiger partial charge < -0.3 is 35.9 Å². The number of methoxy groups -OCH3 is 1. The van der Waals surface area contributed by atoms with E-state index in [1.165, 1.54) is 6.33 Å². The number of anilines is 3. The number of benzene rings is 3. The van der Waals surface area contributed by atoms with E-state index in [0.717, 1.165) is 49.1 Å². The van der Waals surface area contributed by atoms with E-state index in [4.69, 9.17) is 19.9 Å². The lowest BCUT2D eigenvalue weighted by molar-refractivity contribution is 0.0721. The highest BCUT2D eigenvalue weighted by Gasteiger charge is 2.15. The Kier molecular flexibility index (Phi) is 8.89. The predicted molar refractivity (Wildman–Crippen MR) is 156 cm³/mol. The zero-order valence-electron chi connectivity index (χ0n) is 22.5. The molecule has 0 radical (unpaired) electrons. The van der Waals surface area contributed by atoms with E-state index < -0.39 is 0 Å². The third-order valence-corrected chi connectivity index (χ3v) is 6.76. The molecular formula is C30H34N6O4. The zero-order valence-corrected chi connectivity index (χ0v) is 22.5. The molecule has 10 heteroatoms. The Balaban J connectivity index is 1.22. The molecule has 40 heavy (non-hydrogen) atoms. The maximum atomic E-state index is 12.6. The van der Waals surface area contributed by atoms with E-state index in [-0.39, 0.29) is 5.91 Å². The van der Waals surface area contributed by atoms with Gasteiger partial charge in [-0.3, -0.25) is 4.79 Å². The third kappa shape index (κ3) is 6.77. The largest absolute Gasteiger partial charge is 0.493 e. The molecule has 5 rings (SSSR count). The van der Waals surface area contributed by atoms with E-state index >= 15 is 0 Å². The smallest absolute Gasteiger partial charge is 0.255 e. The maximum Gasteiger partial charge on any atom is 0.255 e. The summed E-state index contributed by atoms with van der Waals surface area (Å²) < 4.78 is 17.2. The van der Waals surface area contributed by atoms with Crippen molar-refractivity contribution in [3.05, 3.63) is 78.1 Å². The van der Waals surface area contributed by atoms with Gasteiger partial charge in [0.05, 0.1) is 43.8 Å². The minimum Gasteiger partial charge on any atom is -0.493 e. The van der Waals surface area contributed by atoms with Gasteiger partial charge in [-0.1, -0.05) is 24.3 Å². The van der Waals surface area contributed by atoms with Crippen LogP contribution in [-0.2, 0) is 11.3 Å². The van der Waals surface area contributed by atoms with Crippen LogP contribution in [0, 0.1) is 0 Å². The SMILES string of the molecule is COc1cc2ncnc(NCc3ccc(C(=O)Nc4ccccc4N)cc3)c2cc1OCCCC1COCCN1. The average molecular weight is 543 g/mol. The second-order valence-corrected chi connectivity index (χ2v) is 9.55. The fraction of sp³-hybridized carbons (Fsp3) is 0.300. The van der Waals surface area contributed by atoms with Crippen LogP contribution in [0.1, 0.15) is 28.8 Å². The quantitative estimate of drug-likeness (QED) is 0.162. The monoisotopic (exact) mass is 542 g/mol. The molecule has 0 aliphatic carbocycles. The number of carbonyl (C=O) groups is 1. The lowest BCUT2D eigenvalue weighted by atomic mass is 10.1. The molecule has 0 bridgehead atoms. The van der Waals surface area contributed by atoms with Crippen LogP contribution in [0.4, 0.5) is 17.2 Å². The van der Waals surface area contributed by atoms with Gasteiger partial charge in [0.1, 0.15) is 12.1 Å². The number of rotatable bonds is 11. The highest BCUT2D eigenvalue weighted by molar-refractivity contribution is 6.05. The summed E-state index contributed by atoms with van der Waals surface area (Å²) >= 11 is 0. The normalized spacial score (nSPS) is 15.0. The van der Waals surface area contributed by atoms with Crippen molar-refractivity contribution in [1.29, 1.82) is 0 Å². The molecule has 0 spiro atoms. The molecule has 10 nitrogen and oxygen atoms in total. The number of nitrogens with zero attached hydrogens (tertiary/aromatic N) is 2. The van der Waals surface area contributed by atoms with Gasteiger partial charge in [-0.05, 0) is 48.7 Å². The van der Waals surface area contributed by atoms with E-state index in [1.807, 2.05) is 36.4 Å². The third-order valence-electron chi connectivity index (χ3n) is 6.76. The summed E-state index contributed by atoms with van der Waals surface area (Å²) in [5.74, 6) is 1.74. The number of carbonyl (C=O) groups excluding carboxylic acids is 1. The Hall–Kier alpha value is -4.41. The van der Waals surface area contributed by atoms with E-state index in [0.29, 0.717) is 53.4 Å². The minimum atomic E-state index is -0.219. The van der Waals surface area contributed by atoms with Gasteiger partial charge in [0.15, 0.2) is 11.5 Å². The van der Waals surface area contributed by atoms with Crippen LogP contribution in [0.25, 0.3) is 10.9 Å². The van der Waals surface area contributed by atoms with Gasteiger partial charge in [-0.15, -0.1) is 0 Å². The van der Waals surface area contributed by atoms with E-state index in [9.17, 15) is 4.79 Å². The van der Waals surface area contributed by atoms with Crippen molar-refractivity contribution in [3.63, 3.8) is 0 Å². The molecule has 1 aliphatic heterocycles. The highest BCUT2D eigenvalue weighted by atomic mass is 16.5. The molecule has 1 amide bonds. The molecule has 5 N–H and O–H groups in total. The maximum absolute atomic E-state index is 12.6. The van der Waals surface area contributed by atoms with Crippen molar-refractivity contribution in [3.8, 4) is 11.5 Å². The van der Waals surface area contributed by atoms with Crippen LogP contribution in [0.3, 0.4) is 0 Å². The van der Waals surface area contributed by atoms with Gasteiger partial charge in [-0.2, -0.15) is 0 Å². The second-order valence-electron chi connectivity index (χ2n) is 9.55. The first kappa shape index (κ1) is 27.2. The van der Waals surface area contributed by atoms with E-state index in [1.54, 1.807) is 31.4 Å². The molecular weight excluding hydrogens is 508 g/mol. The van der Waals surface area contributed by atoms with Crippen molar-refractivity contribution < 1.29 is 19.0 Å². The number of hydrogen-bond donors (Lipinski definition) is 4. The number of hydrogen-bond acceptors (Lipinski definition) is 9. The summed E-state index contributed by atoms with van der Waals surface area (Å²) in [5.41, 5.74) is 9.33. The van der Waals surface area contributed by atoms with Crippen LogP contribution in [-0.4, -0.2) is 55.4 Å². The van der Waals surface area contributed by atoms with E-state index in [2.05, 4.69) is 25.9 Å². The first-order valence-corrected chi connectivity index (χ1v) is 13.4. The fourth-order valence-electron chi connectivity index (χ4n) is 4.56. The number of ether oxygens (including phenoxy) is 3. The molecule has 1 fully saturated rings. The number of aromatic nitrogens is 2. The minimum absolute atomic E-state index is 0.219. The number of nitrogens with two attached hydrogens (primary N) is 1. The lowest BCUT2D eigenvalue weighted by Crippen LogP contribution is -2.41. The van der Waals surface area contributed by atoms with Crippen LogP contribution < -0.4 is 31.2 Å². The standard InChI is InChI=1S/C30H34N6O4/c1-38-27-16-26-23(15-28(27)40-13-4-5-22-18-39-14-12-32-22)29(35-19-34-26)33-17-20-8-10-21(11-9-20)30(37)36-25-7-3-2-6-24(25)31/h2-3,6-11,15-16,19,22,32H,4-5,12-14,17-18,31H2,1H3,(H,36,37)(H,33,34,35). The van der Waals surface area contributed by atoms with Crippen LogP contribution in [0.2, 0.25) is 0 Å². The van der Waals surface area contributed by atoms with Crippen molar-refractivity contribution in [1.82, 2.24) is 15.3 Å². The zero-order chi connectivity index (χ0) is 27.7. The molecule has 2 heterocycles.